The number of nitrogen functional groups attached to an aromatic ring is 1. The van der Waals surface area contributed by atoms with Crippen molar-refractivity contribution in [2.75, 3.05) is 11.1 Å². The Kier molecular flexibility index (Phi) is 4.04. The van der Waals surface area contributed by atoms with Crippen LogP contribution in [-0.2, 0) is 0 Å². The zero-order valence-electron chi connectivity index (χ0n) is 11.0. The number of carbonyl (C=O) groups excluding carboxylic acids is 1. The van der Waals surface area contributed by atoms with Crippen LogP contribution in [-0.4, -0.2) is 10.9 Å². The fourth-order valence-corrected chi connectivity index (χ4v) is 2.20. The van der Waals surface area contributed by atoms with Crippen molar-refractivity contribution in [2.24, 2.45) is 0 Å². The number of pyridine rings is 1. The fourth-order valence-electron chi connectivity index (χ4n) is 1.74. The van der Waals surface area contributed by atoms with Crippen molar-refractivity contribution >= 4 is 33.2 Å². The van der Waals surface area contributed by atoms with E-state index in [0.29, 0.717) is 15.8 Å². The molecule has 1 heterocycles. The molecule has 0 radical (unpaired) electrons. The summed E-state index contributed by atoms with van der Waals surface area (Å²) in [4.78, 5) is 16.2. The predicted octanol–water partition coefficient (Wildman–Crippen LogP) is 3.43. The van der Waals surface area contributed by atoms with Gasteiger partial charge in [0.2, 0.25) is 0 Å². The number of benzene rings is 1. The molecule has 0 bridgehead atoms. The standard InChI is InChI=1S/C14H13BrFN3O/c1-7-3-10(15)11(16)5-13(7)19-14(20)9-6-18-8(2)4-12(9)17/h3-6H,1-2H3,(H2,17,18)(H,19,20). The lowest BCUT2D eigenvalue weighted by Crippen LogP contribution is -2.15. The molecule has 6 heteroatoms. The molecule has 3 N–H and O–H groups in total. The molecule has 0 saturated heterocycles. The highest BCUT2D eigenvalue weighted by Gasteiger charge is 2.13. The maximum atomic E-state index is 13.5. The Labute approximate surface area is 124 Å². The average molecular weight is 338 g/mol. The van der Waals surface area contributed by atoms with Gasteiger partial charge in [-0.3, -0.25) is 9.78 Å². The van der Waals surface area contributed by atoms with Gasteiger partial charge in [0.15, 0.2) is 0 Å². The summed E-state index contributed by atoms with van der Waals surface area (Å²) in [6.07, 6.45) is 1.41. The van der Waals surface area contributed by atoms with Gasteiger partial charge >= 0.3 is 0 Å². The Balaban J connectivity index is 2.30. The number of carbonyl (C=O) groups is 1. The van der Waals surface area contributed by atoms with Crippen molar-refractivity contribution in [3.8, 4) is 0 Å². The van der Waals surface area contributed by atoms with Crippen molar-refractivity contribution in [3.05, 3.63) is 51.5 Å². The molecule has 0 fully saturated rings. The van der Waals surface area contributed by atoms with Crippen LogP contribution < -0.4 is 11.1 Å². The number of nitrogens with zero attached hydrogens (tertiary/aromatic N) is 1. The summed E-state index contributed by atoms with van der Waals surface area (Å²) in [7, 11) is 0. The smallest absolute Gasteiger partial charge is 0.259 e. The Morgan fingerprint density at radius 1 is 1.35 bits per heavy atom. The zero-order chi connectivity index (χ0) is 14.9. The van der Waals surface area contributed by atoms with E-state index in [1.165, 1.54) is 12.3 Å². The lowest BCUT2D eigenvalue weighted by Gasteiger charge is -2.11. The Hall–Kier alpha value is -1.95. The molecule has 104 valence electrons. The van der Waals surface area contributed by atoms with Gasteiger partial charge in [-0.05, 0) is 53.5 Å². The van der Waals surface area contributed by atoms with E-state index < -0.39 is 11.7 Å². The van der Waals surface area contributed by atoms with E-state index >= 15 is 0 Å². The number of hydrogen-bond acceptors (Lipinski definition) is 3. The SMILES string of the molecule is Cc1cc(N)c(C(=O)Nc2cc(F)c(Br)cc2C)cn1. The molecule has 2 aromatic rings. The molecule has 1 aromatic heterocycles. The van der Waals surface area contributed by atoms with E-state index in [0.717, 1.165) is 11.3 Å². The van der Waals surface area contributed by atoms with E-state index in [1.54, 1.807) is 26.0 Å². The van der Waals surface area contributed by atoms with Crippen LogP contribution >= 0.6 is 15.9 Å². The molecule has 2 rings (SSSR count). The van der Waals surface area contributed by atoms with Gasteiger partial charge in [-0.15, -0.1) is 0 Å². The van der Waals surface area contributed by atoms with Crippen LogP contribution in [0.2, 0.25) is 0 Å². The maximum absolute atomic E-state index is 13.5. The molecular weight excluding hydrogens is 325 g/mol. The van der Waals surface area contributed by atoms with Gasteiger partial charge in [0.1, 0.15) is 5.82 Å². The number of nitrogens with two attached hydrogens (primary N) is 1. The van der Waals surface area contributed by atoms with Gasteiger partial charge in [-0.2, -0.15) is 0 Å². The van der Waals surface area contributed by atoms with E-state index in [-0.39, 0.29) is 5.56 Å². The third kappa shape index (κ3) is 2.96. The van der Waals surface area contributed by atoms with Crippen molar-refractivity contribution in [2.45, 2.75) is 13.8 Å². The van der Waals surface area contributed by atoms with E-state index in [1.807, 2.05) is 0 Å². The second-order valence-electron chi connectivity index (χ2n) is 4.45. The second-order valence-corrected chi connectivity index (χ2v) is 5.30. The summed E-state index contributed by atoms with van der Waals surface area (Å²) in [6.45, 7) is 3.56. The van der Waals surface area contributed by atoms with Crippen LogP contribution in [0.15, 0.2) is 28.9 Å². The van der Waals surface area contributed by atoms with Crippen molar-refractivity contribution in [1.82, 2.24) is 4.98 Å². The maximum Gasteiger partial charge on any atom is 0.259 e. The third-order valence-corrected chi connectivity index (χ3v) is 3.44. The molecule has 0 spiro atoms. The molecule has 1 aromatic carbocycles. The highest BCUT2D eigenvalue weighted by molar-refractivity contribution is 9.10. The van der Waals surface area contributed by atoms with Crippen LogP contribution in [0.4, 0.5) is 15.8 Å². The number of hydrogen-bond donors (Lipinski definition) is 2. The topological polar surface area (TPSA) is 68.0 Å². The fraction of sp³-hybridized carbons (Fsp3) is 0.143. The number of anilines is 2. The third-order valence-electron chi connectivity index (χ3n) is 2.83. The first kappa shape index (κ1) is 14.5. The van der Waals surface area contributed by atoms with Gasteiger partial charge in [-0.1, -0.05) is 0 Å². The van der Waals surface area contributed by atoms with Crippen LogP contribution in [0, 0.1) is 19.7 Å². The van der Waals surface area contributed by atoms with Crippen LogP contribution in [0.25, 0.3) is 0 Å². The molecule has 0 atom stereocenters. The number of aryl methyl sites for hydroxylation is 2. The van der Waals surface area contributed by atoms with E-state index in [2.05, 4.69) is 26.2 Å². The number of amides is 1. The van der Waals surface area contributed by atoms with Crippen molar-refractivity contribution < 1.29 is 9.18 Å². The normalized spacial score (nSPS) is 10.4. The molecular formula is C14H13BrFN3O. The molecule has 0 aliphatic heterocycles. The first-order valence-corrected chi connectivity index (χ1v) is 6.67. The van der Waals surface area contributed by atoms with Crippen LogP contribution in [0.1, 0.15) is 21.6 Å². The summed E-state index contributed by atoms with van der Waals surface area (Å²) in [5.41, 5.74) is 8.25. The molecule has 0 aliphatic carbocycles. The summed E-state index contributed by atoms with van der Waals surface area (Å²) in [5.74, 6) is -0.860. The van der Waals surface area contributed by atoms with E-state index in [9.17, 15) is 9.18 Å². The van der Waals surface area contributed by atoms with Gasteiger partial charge in [0, 0.05) is 23.3 Å². The Morgan fingerprint density at radius 3 is 2.70 bits per heavy atom. The first-order chi connectivity index (χ1) is 9.38. The van der Waals surface area contributed by atoms with Gasteiger partial charge < -0.3 is 11.1 Å². The van der Waals surface area contributed by atoms with Gasteiger partial charge in [-0.25, -0.2) is 4.39 Å². The minimum atomic E-state index is -0.444. The number of rotatable bonds is 2. The van der Waals surface area contributed by atoms with Crippen molar-refractivity contribution in [3.63, 3.8) is 0 Å². The molecule has 4 nitrogen and oxygen atoms in total. The lowest BCUT2D eigenvalue weighted by atomic mass is 10.1. The molecule has 0 aliphatic rings. The minimum Gasteiger partial charge on any atom is -0.398 e. The molecule has 1 amide bonds. The molecule has 0 saturated carbocycles. The molecule has 20 heavy (non-hydrogen) atoms. The first-order valence-electron chi connectivity index (χ1n) is 5.87. The Bertz CT molecular complexity index is 688. The number of nitrogens with one attached hydrogen (secondary N) is 1. The average Bonchev–Trinajstić information content (AvgIpc) is 2.35. The highest BCUT2D eigenvalue weighted by atomic mass is 79.9. The van der Waals surface area contributed by atoms with Gasteiger partial charge in [0.25, 0.3) is 5.91 Å². The monoisotopic (exact) mass is 337 g/mol. The second kappa shape index (κ2) is 5.58. The Morgan fingerprint density at radius 2 is 2.05 bits per heavy atom. The summed E-state index contributed by atoms with van der Waals surface area (Å²) >= 11 is 3.09. The van der Waals surface area contributed by atoms with E-state index in [4.69, 9.17) is 5.73 Å². The van der Waals surface area contributed by atoms with Crippen molar-refractivity contribution in [1.29, 1.82) is 0 Å². The summed E-state index contributed by atoms with van der Waals surface area (Å²) in [5, 5.41) is 2.64. The number of halogens is 2. The lowest BCUT2D eigenvalue weighted by molar-refractivity contribution is 0.102. The van der Waals surface area contributed by atoms with Crippen LogP contribution in [0.3, 0.4) is 0 Å². The summed E-state index contributed by atoms with van der Waals surface area (Å²) in [6, 6.07) is 4.47. The minimum absolute atomic E-state index is 0.262. The largest absolute Gasteiger partial charge is 0.398 e. The highest BCUT2D eigenvalue weighted by Crippen LogP contribution is 2.24. The van der Waals surface area contributed by atoms with Crippen LogP contribution in [0.5, 0.6) is 0 Å². The molecule has 0 unspecified atom stereocenters. The number of aromatic nitrogens is 1. The predicted molar refractivity (Wildman–Crippen MR) is 80.2 cm³/mol. The quantitative estimate of drug-likeness (QED) is 0.881. The zero-order valence-corrected chi connectivity index (χ0v) is 12.6. The summed E-state index contributed by atoms with van der Waals surface area (Å²) < 4.78 is 13.9. The van der Waals surface area contributed by atoms with Gasteiger partial charge in [0.05, 0.1) is 10.0 Å².